The van der Waals surface area contributed by atoms with Crippen molar-refractivity contribution in [2.24, 2.45) is 0 Å². The molecule has 5 heteroatoms. The molecular formula is C13H21N3O2. The van der Waals surface area contributed by atoms with E-state index < -0.39 is 0 Å². The van der Waals surface area contributed by atoms with Crippen molar-refractivity contribution >= 4 is 11.4 Å². The Bertz CT molecular complexity index is 407. The van der Waals surface area contributed by atoms with Crippen molar-refractivity contribution in [3.63, 3.8) is 0 Å². The van der Waals surface area contributed by atoms with E-state index in [-0.39, 0.29) is 10.6 Å². The highest BCUT2D eigenvalue weighted by Crippen LogP contribution is 2.26. The fourth-order valence-corrected chi connectivity index (χ4v) is 1.66. The number of anilines is 1. The van der Waals surface area contributed by atoms with Gasteiger partial charge in [0.15, 0.2) is 0 Å². The highest BCUT2D eigenvalue weighted by Gasteiger charge is 2.14. The third kappa shape index (κ3) is 4.00. The Morgan fingerprint density at radius 2 is 2.11 bits per heavy atom. The van der Waals surface area contributed by atoms with Crippen LogP contribution in [-0.4, -0.2) is 30.0 Å². The molecule has 0 bridgehead atoms. The molecule has 5 nitrogen and oxygen atoms in total. The lowest BCUT2D eigenvalue weighted by molar-refractivity contribution is -0.384. The van der Waals surface area contributed by atoms with E-state index in [0.29, 0.717) is 5.69 Å². The predicted octanol–water partition coefficient (Wildman–Crippen LogP) is 2.87. The van der Waals surface area contributed by atoms with Gasteiger partial charge in [-0.25, -0.2) is 0 Å². The molecule has 0 aromatic heterocycles. The molecule has 0 radical (unpaired) electrons. The van der Waals surface area contributed by atoms with Gasteiger partial charge in [-0.2, -0.15) is 0 Å². The van der Waals surface area contributed by atoms with Gasteiger partial charge in [0, 0.05) is 19.2 Å². The van der Waals surface area contributed by atoms with Gasteiger partial charge in [0.25, 0.3) is 5.69 Å². The van der Waals surface area contributed by atoms with Gasteiger partial charge in [-0.3, -0.25) is 10.1 Å². The summed E-state index contributed by atoms with van der Waals surface area (Å²) in [5.74, 6) is 0. The van der Waals surface area contributed by atoms with Crippen LogP contribution in [0.2, 0.25) is 0 Å². The third-order valence-corrected chi connectivity index (χ3v) is 2.82. The Morgan fingerprint density at radius 1 is 1.39 bits per heavy atom. The number of hydrogen-bond acceptors (Lipinski definition) is 4. The zero-order chi connectivity index (χ0) is 13.5. The van der Waals surface area contributed by atoms with E-state index in [9.17, 15) is 10.1 Å². The average Bonchev–Trinajstić information content (AvgIpc) is 2.36. The maximum atomic E-state index is 11.0. The Balaban J connectivity index is 2.92. The van der Waals surface area contributed by atoms with Crippen molar-refractivity contribution in [3.05, 3.63) is 33.9 Å². The number of rotatable bonds is 7. The molecule has 18 heavy (non-hydrogen) atoms. The van der Waals surface area contributed by atoms with E-state index >= 15 is 0 Å². The lowest BCUT2D eigenvalue weighted by Gasteiger charge is -2.14. The van der Waals surface area contributed by atoms with E-state index in [1.54, 1.807) is 12.1 Å². The summed E-state index contributed by atoms with van der Waals surface area (Å²) in [6.07, 6.45) is 0.942. The van der Waals surface area contributed by atoms with Crippen LogP contribution in [0.1, 0.15) is 25.8 Å². The van der Waals surface area contributed by atoms with Gasteiger partial charge in [-0.1, -0.05) is 19.9 Å². The standard InChI is InChI=1S/C13H21N3O2/c1-4-8-14-12-7-6-11(10-15(3)5-2)9-13(12)16(17)18/h6-7,9,14H,4-5,8,10H2,1-3H3. The van der Waals surface area contributed by atoms with Crippen LogP contribution in [0, 0.1) is 10.1 Å². The van der Waals surface area contributed by atoms with Gasteiger partial charge in [-0.05, 0) is 31.6 Å². The first kappa shape index (κ1) is 14.4. The van der Waals surface area contributed by atoms with Gasteiger partial charge in [0.05, 0.1) is 4.92 Å². The second-order valence-corrected chi connectivity index (χ2v) is 4.37. The molecule has 1 aromatic rings. The fraction of sp³-hybridized carbons (Fsp3) is 0.538. The average molecular weight is 251 g/mol. The van der Waals surface area contributed by atoms with Crippen LogP contribution in [0.5, 0.6) is 0 Å². The number of nitrogens with one attached hydrogen (secondary N) is 1. The number of nitro benzene ring substituents is 1. The Morgan fingerprint density at radius 3 is 2.67 bits per heavy atom. The SMILES string of the molecule is CCCNc1ccc(CN(C)CC)cc1[N+](=O)[O-]. The Labute approximate surface area is 108 Å². The van der Waals surface area contributed by atoms with E-state index in [1.807, 2.05) is 20.0 Å². The molecule has 1 N–H and O–H groups in total. The molecule has 0 atom stereocenters. The largest absolute Gasteiger partial charge is 0.380 e. The van der Waals surface area contributed by atoms with Gasteiger partial charge >= 0.3 is 0 Å². The minimum Gasteiger partial charge on any atom is -0.380 e. The van der Waals surface area contributed by atoms with Gasteiger partial charge < -0.3 is 10.2 Å². The summed E-state index contributed by atoms with van der Waals surface area (Å²) < 4.78 is 0. The molecule has 0 saturated heterocycles. The van der Waals surface area contributed by atoms with E-state index in [0.717, 1.165) is 31.6 Å². The van der Waals surface area contributed by atoms with Crippen LogP contribution >= 0.6 is 0 Å². The van der Waals surface area contributed by atoms with Gasteiger partial charge in [0.2, 0.25) is 0 Å². The summed E-state index contributed by atoms with van der Waals surface area (Å²) in [6, 6.07) is 5.40. The molecule has 0 heterocycles. The first-order valence-electron chi connectivity index (χ1n) is 6.28. The number of benzene rings is 1. The van der Waals surface area contributed by atoms with E-state index in [4.69, 9.17) is 0 Å². The molecule has 0 aliphatic carbocycles. The summed E-state index contributed by atoms with van der Waals surface area (Å²) in [6.45, 7) is 6.49. The van der Waals surface area contributed by atoms with Crippen LogP contribution in [0.3, 0.4) is 0 Å². The first-order valence-corrected chi connectivity index (χ1v) is 6.28. The predicted molar refractivity (Wildman–Crippen MR) is 73.9 cm³/mol. The number of hydrogen-bond donors (Lipinski definition) is 1. The van der Waals surface area contributed by atoms with Crippen LogP contribution in [0.15, 0.2) is 18.2 Å². The lowest BCUT2D eigenvalue weighted by atomic mass is 10.1. The molecule has 0 unspecified atom stereocenters. The molecule has 0 fully saturated rings. The minimum absolute atomic E-state index is 0.158. The summed E-state index contributed by atoms with van der Waals surface area (Å²) in [5.41, 5.74) is 1.73. The Hall–Kier alpha value is -1.62. The zero-order valence-electron chi connectivity index (χ0n) is 11.3. The Kier molecular flexibility index (Phi) is 5.58. The zero-order valence-corrected chi connectivity index (χ0v) is 11.3. The lowest BCUT2D eigenvalue weighted by Crippen LogP contribution is -2.16. The minimum atomic E-state index is -0.326. The van der Waals surface area contributed by atoms with Crippen LogP contribution in [-0.2, 0) is 6.54 Å². The first-order chi connectivity index (χ1) is 8.58. The van der Waals surface area contributed by atoms with Gasteiger partial charge in [-0.15, -0.1) is 0 Å². The highest BCUT2D eigenvalue weighted by molar-refractivity contribution is 5.62. The molecule has 0 spiro atoms. The smallest absolute Gasteiger partial charge is 0.292 e. The van der Waals surface area contributed by atoms with Crippen molar-refractivity contribution < 1.29 is 4.92 Å². The number of nitrogens with zero attached hydrogens (tertiary/aromatic N) is 2. The fourth-order valence-electron chi connectivity index (χ4n) is 1.66. The molecule has 0 saturated carbocycles. The van der Waals surface area contributed by atoms with Gasteiger partial charge in [0.1, 0.15) is 5.69 Å². The maximum Gasteiger partial charge on any atom is 0.292 e. The monoisotopic (exact) mass is 251 g/mol. The molecule has 0 aliphatic heterocycles. The van der Waals surface area contributed by atoms with Crippen molar-refractivity contribution in [2.75, 3.05) is 25.5 Å². The topological polar surface area (TPSA) is 58.4 Å². The van der Waals surface area contributed by atoms with E-state index in [2.05, 4.69) is 17.1 Å². The van der Waals surface area contributed by atoms with Crippen LogP contribution < -0.4 is 5.32 Å². The molecule has 0 amide bonds. The third-order valence-electron chi connectivity index (χ3n) is 2.82. The summed E-state index contributed by atoms with van der Waals surface area (Å²) in [5, 5.41) is 14.1. The second-order valence-electron chi connectivity index (χ2n) is 4.37. The van der Waals surface area contributed by atoms with Crippen LogP contribution in [0.4, 0.5) is 11.4 Å². The van der Waals surface area contributed by atoms with Crippen molar-refractivity contribution in [2.45, 2.75) is 26.8 Å². The van der Waals surface area contributed by atoms with E-state index in [1.165, 1.54) is 0 Å². The quantitative estimate of drug-likeness (QED) is 0.598. The number of nitro groups is 1. The molecule has 1 rings (SSSR count). The highest BCUT2D eigenvalue weighted by atomic mass is 16.6. The van der Waals surface area contributed by atoms with Crippen molar-refractivity contribution in [3.8, 4) is 0 Å². The summed E-state index contributed by atoms with van der Waals surface area (Å²) >= 11 is 0. The molecule has 0 aliphatic rings. The van der Waals surface area contributed by atoms with Crippen LogP contribution in [0.25, 0.3) is 0 Å². The van der Waals surface area contributed by atoms with Crippen molar-refractivity contribution in [1.29, 1.82) is 0 Å². The summed E-state index contributed by atoms with van der Waals surface area (Å²) in [4.78, 5) is 12.8. The molecular weight excluding hydrogens is 230 g/mol. The van der Waals surface area contributed by atoms with Crippen molar-refractivity contribution in [1.82, 2.24) is 4.90 Å². The second kappa shape index (κ2) is 6.96. The molecule has 100 valence electrons. The maximum absolute atomic E-state index is 11.0. The summed E-state index contributed by atoms with van der Waals surface area (Å²) in [7, 11) is 2.00. The molecule has 1 aromatic carbocycles. The normalized spacial score (nSPS) is 10.7.